The average Bonchev–Trinajstić information content (AvgIpc) is 3.54. The molecular formula is C27H34N2O3. The predicted molar refractivity (Wildman–Crippen MR) is 128 cm³/mol. The van der Waals surface area contributed by atoms with E-state index in [-0.39, 0.29) is 17.2 Å². The van der Waals surface area contributed by atoms with Crippen LogP contribution in [0.5, 0.6) is 11.5 Å². The summed E-state index contributed by atoms with van der Waals surface area (Å²) in [6.45, 7) is 3.71. The van der Waals surface area contributed by atoms with E-state index >= 15 is 0 Å². The van der Waals surface area contributed by atoms with Gasteiger partial charge < -0.3 is 14.8 Å². The Labute approximate surface area is 191 Å². The van der Waals surface area contributed by atoms with Crippen LogP contribution < -0.4 is 14.8 Å². The molecule has 0 bridgehead atoms. The van der Waals surface area contributed by atoms with E-state index in [1.165, 1.54) is 0 Å². The highest BCUT2D eigenvalue weighted by Gasteiger charge is 2.58. The fourth-order valence-corrected chi connectivity index (χ4v) is 4.94. The SMILES string of the molecule is COc1ccccc1C=CCN1CCC2(CC1)CC2C(=O)NCCc1ccccc1OC. The Balaban J connectivity index is 1.19. The molecule has 1 heterocycles. The predicted octanol–water partition coefficient (Wildman–Crippen LogP) is 4.18. The quantitative estimate of drug-likeness (QED) is 0.643. The van der Waals surface area contributed by atoms with E-state index in [4.69, 9.17) is 9.47 Å². The first-order chi connectivity index (χ1) is 15.6. The minimum Gasteiger partial charge on any atom is -0.496 e. The molecule has 0 aromatic heterocycles. The number of benzene rings is 2. The van der Waals surface area contributed by atoms with Crippen molar-refractivity contribution in [3.63, 3.8) is 0 Å². The Kier molecular flexibility index (Phi) is 7.15. The third-order valence-electron chi connectivity index (χ3n) is 7.04. The highest BCUT2D eigenvalue weighted by molar-refractivity contribution is 5.82. The van der Waals surface area contributed by atoms with E-state index in [2.05, 4.69) is 34.5 Å². The number of likely N-dealkylation sites (tertiary alicyclic amines) is 1. The minimum absolute atomic E-state index is 0.187. The molecular weight excluding hydrogens is 400 g/mol. The first kappa shape index (κ1) is 22.4. The van der Waals surface area contributed by atoms with Crippen molar-refractivity contribution in [2.75, 3.05) is 40.4 Å². The Bertz CT molecular complexity index is 947. The topological polar surface area (TPSA) is 50.8 Å². The van der Waals surface area contributed by atoms with Gasteiger partial charge in [-0.25, -0.2) is 0 Å². The zero-order valence-electron chi connectivity index (χ0n) is 19.2. The van der Waals surface area contributed by atoms with E-state index in [0.717, 1.165) is 67.9 Å². The summed E-state index contributed by atoms with van der Waals surface area (Å²) in [7, 11) is 3.39. The molecule has 1 aliphatic heterocycles. The standard InChI is InChI=1S/C27H34N2O3/c1-31-24-11-5-3-8-21(24)10-7-17-29-18-14-27(15-19-29)20-23(27)26(30)28-16-13-22-9-4-6-12-25(22)32-2/h3-12,23H,13-20H2,1-2H3,(H,28,30). The maximum absolute atomic E-state index is 12.7. The van der Waals surface area contributed by atoms with Gasteiger partial charge in [-0.15, -0.1) is 0 Å². The van der Waals surface area contributed by atoms with Gasteiger partial charge in [0.1, 0.15) is 11.5 Å². The summed E-state index contributed by atoms with van der Waals surface area (Å²) in [5.74, 6) is 2.20. The lowest BCUT2D eigenvalue weighted by atomic mass is 9.90. The number of hydrogen-bond acceptors (Lipinski definition) is 4. The molecule has 2 aromatic rings. The van der Waals surface area contributed by atoms with Crippen LogP contribution in [0.15, 0.2) is 54.6 Å². The van der Waals surface area contributed by atoms with Gasteiger partial charge in [-0.2, -0.15) is 0 Å². The number of ether oxygens (including phenoxy) is 2. The van der Waals surface area contributed by atoms with E-state index in [0.29, 0.717) is 6.54 Å². The third kappa shape index (κ3) is 5.16. The molecule has 1 aliphatic carbocycles. The number of amides is 1. The lowest BCUT2D eigenvalue weighted by Crippen LogP contribution is -2.37. The van der Waals surface area contributed by atoms with Crippen LogP contribution in [-0.2, 0) is 11.2 Å². The number of carbonyl (C=O) groups is 1. The number of nitrogens with one attached hydrogen (secondary N) is 1. The second-order valence-electron chi connectivity index (χ2n) is 8.92. The summed E-state index contributed by atoms with van der Waals surface area (Å²) < 4.78 is 10.8. The van der Waals surface area contributed by atoms with Gasteiger partial charge in [-0.3, -0.25) is 9.69 Å². The highest BCUT2D eigenvalue weighted by Crippen LogP contribution is 2.59. The molecule has 1 N–H and O–H groups in total. The van der Waals surface area contributed by atoms with Crippen molar-refractivity contribution in [3.05, 3.63) is 65.7 Å². The molecule has 4 rings (SSSR count). The molecule has 1 saturated heterocycles. The van der Waals surface area contributed by atoms with Crippen LogP contribution in [0.1, 0.15) is 30.4 Å². The number of nitrogens with zero attached hydrogens (tertiary/aromatic N) is 1. The second-order valence-corrected chi connectivity index (χ2v) is 8.92. The van der Waals surface area contributed by atoms with Crippen molar-refractivity contribution < 1.29 is 14.3 Å². The summed E-state index contributed by atoms with van der Waals surface area (Å²) in [6.07, 6.45) is 8.41. The molecule has 2 fully saturated rings. The Morgan fingerprint density at radius 2 is 1.75 bits per heavy atom. The van der Waals surface area contributed by atoms with Crippen molar-refractivity contribution in [1.29, 1.82) is 0 Å². The molecule has 170 valence electrons. The van der Waals surface area contributed by atoms with E-state index in [1.54, 1.807) is 14.2 Å². The molecule has 0 radical (unpaired) electrons. The van der Waals surface area contributed by atoms with Crippen molar-refractivity contribution in [1.82, 2.24) is 10.2 Å². The molecule has 5 nitrogen and oxygen atoms in total. The summed E-state index contributed by atoms with van der Waals surface area (Å²) >= 11 is 0. The summed E-state index contributed by atoms with van der Waals surface area (Å²) in [4.78, 5) is 15.2. The van der Waals surface area contributed by atoms with Crippen LogP contribution in [0.2, 0.25) is 0 Å². The second kappa shape index (κ2) is 10.2. The van der Waals surface area contributed by atoms with Crippen molar-refractivity contribution in [3.8, 4) is 11.5 Å². The zero-order valence-corrected chi connectivity index (χ0v) is 19.2. The zero-order chi connectivity index (χ0) is 22.4. The average molecular weight is 435 g/mol. The molecule has 2 aromatic carbocycles. The minimum atomic E-state index is 0.187. The van der Waals surface area contributed by atoms with Gasteiger partial charge in [0, 0.05) is 24.6 Å². The van der Waals surface area contributed by atoms with Gasteiger partial charge in [0.2, 0.25) is 5.91 Å². The summed E-state index contributed by atoms with van der Waals surface area (Å²) in [5.41, 5.74) is 2.48. The molecule has 32 heavy (non-hydrogen) atoms. The lowest BCUT2D eigenvalue weighted by Gasteiger charge is -2.32. The van der Waals surface area contributed by atoms with Gasteiger partial charge in [0.25, 0.3) is 0 Å². The van der Waals surface area contributed by atoms with E-state index in [9.17, 15) is 4.79 Å². The first-order valence-electron chi connectivity index (χ1n) is 11.6. The summed E-state index contributed by atoms with van der Waals surface area (Å²) in [6, 6.07) is 16.1. The smallest absolute Gasteiger partial charge is 0.223 e. The Hall–Kier alpha value is -2.79. The molecule has 1 saturated carbocycles. The van der Waals surface area contributed by atoms with Gasteiger partial charge in [0.15, 0.2) is 0 Å². The number of hydrogen-bond donors (Lipinski definition) is 1. The monoisotopic (exact) mass is 434 g/mol. The molecule has 2 aliphatic rings. The fraction of sp³-hybridized carbons (Fsp3) is 0.444. The largest absolute Gasteiger partial charge is 0.496 e. The molecule has 1 atom stereocenters. The van der Waals surface area contributed by atoms with Crippen LogP contribution in [0.25, 0.3) is 6.08 Å². The van der Waals surface area contributed by atoms with E-state index < -0.39 is 0 Å². The fourth-order valence-electron chi connectivity index (χ4n) is 4.94. The van der Waals surface area contributed by atoms with Crippen molar-refractivity contribution in [2.45, 2.75) is 25.7 Å². The lowest BCUT2D eigenvalue weighted by molar-refractivity contribution is -0.123. The van der Waals surface area contributed by atoms with Gasteiger partial charge >= 0.3 is 0 Å². The van der Waals surface area contributed by atoms with Crippen molar-refractivity contribution >= 4 is 12.0 Å². The first-order valence-corrected chi connectivity index (χ1v) is 11.6. The van der Waals surface area contributed by atoms with Gasteiger partial charge in [-0.05, 0) is 61.9 Å². The van der Waals surface area contributed by atoms with Crippen LogP contribution >= 0.6 is 0 Å². The van der Waals surface area contributed by atoms with Gasteiger partial charge in [0.05, 0.1) is 14.2 Å². The van der Waals surface area contributed by atoms with Crippen LogP contribution in [0, 0.1) is 11.3 Å². The maximum Gasteiger partial charge on any atom is 0.223 e. The number of para-hydroxylation sites is 2. The molecule has 5 heteroatoms. The molecule has 1 amide bonds. The molecule has 1 unspecified atom stereocenters. The number of rotatable bonds is 9. The van der Waals surface area contributed by atoms with Crippen LogP contribution in [0.4, 0.5) is 0 Å². The number of methoxy groups -OCH3 is 2. The normalized spacial score (nSPS) is 19.8. The summed E-state index contributed by atoms with van der Waals surface area (Å²) in [5, 5.41) is 3.16. The van der Waals surface area contributed by atoms with Crippen LogP contribution in [-0.4, -0.2) is 51.2 Å². The third-order valence-corrected chi connectivity index (χ3v) is 7.04. The number of carbonyl (C=O) groups excluding carboxylic acids is 1. The molecule has 1 spiro atoms. The van der Waals surface area contributed by atoms with Gasteiger partial charge in [-0.1, -0.05) is 48.6 Å². The van der Waals surface area contributed by atoms with Crippen molar-refractivity contribution in [2.24, 2.45) is 11.3 Å². The maximum atomic E-state index is 12.7. The Morgan fingerprint density at radius 1 is 1.06 bits per heavy atom. The number of piperidine rings is 1. The van der Waals surface area contributed by atoms with Crippen LogP contribution in [0.3, 0.4) is 0 Å². The van der Waals surface area contributed by atoms with E-state index in [1.807, 2.05) is 36.4 Å². The highest BCUT2D eigenvalue weighted by atomic mass is 16.5. The Morgan fingerprint density at radius 3 is 2.50 bits per heavy atom.